The van der Waals surface area contributed by atoms with Crippen molar-refractivity contribution < 1.29 is 88.7 Å². The summed E-state index contributed by atoms with van der Waals surface area (Å²) < 4.78 is 5.94. The first-order chi connectivity index (χ1) is 42.9. The van der Waals surface area contributed by atoms with Gasteiger partial charge in [0.25, 0.3) is 0 Å². The number of aromatic amines is 1. The summed E-state index contributed by atoms with van der Waals surface area (Å²) in [5, 5.41) is 104. The summed E-state index contributed by atoms with van der Waals surface area (Å²) in [7, 11) is 1.69. The number of carbonyl (C=O) groups is 9. The number of thioether (sulfide) groups is 1. The van der Waals surface area contributed by atoms with E-state index in [-0.39, 0.29) is 56.6 Å². The Bertz CT molecular complexity index is 3120. The van der Waals surface area contributed by atoms with Crippen molar-refractivity contribution in [3.05, 3.63) is 99.3 Å². The van der Waals surface area contributed by atoms with E-state index < -0.39 is 162 Å². The van der Waals surface area contributed by atoms with E-state index >= 15 is 9.59 Å². The molecule has 8 amide bonds. The summed E-state index contributed by atoms with van der Waals surface area (Å²) in [6, 6.07) is 7.06. The number of benzene rings is 3. The standard InChI is InChI=1S/C58H77IN10O18S3/c1-28(71)45-56(84)67-41(55(83)69-46(29(2)72)57(85)86)27-90-89-26-40(66-51(79)37(21-30-10-4-3-5-11-30)62-44(74)17-19-88-58-49(77)48(76)47(75)43(25-70)87-58)54(82)64-38(22-31-15-16-42(73)34(59)20-31)52(80)65-39(23-32-24-61-35-13-7-6-12-33(32)35)53(81)63-36(50(78)68-45)14-8-9-18-60/h3-7,10-13,15-16,20,24,28-29,36-41,43,45-49,58,61,70-73,75-77H,8-9,14,17-19,21-23,25-27,60H2,1-2H3,(H,62,74)(H,63,81)(H,64,82)(H,65,80)(H,66,79)(H,67,84)(H,68,78)(H,69,83)(H,85,86)/t28-,29-,36+,37+,38+,39-,40+,41+,43+,45+,46+,47+,48+,49+,58+/m1/s1. The van der Waals surface area contributed by atoms with Crippen LogP contribution in [0, 0.1) is 3.57 Å². The van der Waals surface area contributed by atoms with Crippen LogP contribution in [0.15, 0.2) is 79.0 Å². The summed E-state index contributed by atoms with van der Waals surface area (Å²) in [5.41, 5.74) is 6.87. The van der Waals surface area contributed by atoms with Crippen LogP contribution in [0.4, 0.5) is 0 Å². The molecule has 0 unspecified atom stereocenters. The minimum atomic E-state index is -1.89. The molecule has 19 N–H and O–H groups in total. The molecule has 2 saturated heterocycles. The molecular weight excluding hydrogens is 1350 g/mol. The minimum Gasteiger partial charge on any atom is -0.507 e. The van der Waals surface area contributed by atoms with Gasteiger partial charge in [0.15, 0.2) is 6.04 Å². The van der Waals surface area contributed by atoms with Gasteiger partial charge in [0.05, 0.1) is 22.4 Å². The molecule has 2 fully saturated rings. The lowest BCUT2D eigenvalue weighted by Gasteiger charge is -2.39. The number of aliphatic hydroxyl groups is 6. The first-order valence-electron chi connectivity index (χ1n) is 28.8. The normalized spacial score (nSPS) is 25.6. The maximum absolute atomic E-state index is 15.1. The molecule has 28 nitrogen and oxygen atoms in total. The summed E-state index contributed by atoms with van der Waals surface area (Å²) in [6.45, 7) is 1.79. The minimum absolute atomic E-state index is 0.0555. The van der Waals surface area contributed by atoms with Gasteiger partial charge in [0, 0.05) is 60.0 Å². The zero-order chi connectivity index (χ0) is 65.8. The number of nitrogens with one attached hydrogen (secondary N) is 9. The monoisotopic (exact) mass is 1420 g/mol. The van der Waals surface area contributed by atoms with Crippen molar-refractivity contribution in [3.63, 3.8) is 0 Å². The third-order valence-electron chi connectivity index (χ3n) is 14.7. The highest BCUT2D eigenvalue weighted by molar-refractivity contribution is 14.1. The maximum atomic E-state index is 15.1. The lowest BCUT2D eigenvalue weighted by molar-refractivity contribution is -0.205. The highest BCUT2D eigenvalue weighted by Gasteiger charge is 2.44. The number of phenolic OH excluding ortho intramolecular Hbond substituents is 1. The van der Waals surface area contributed by atoms with Crippen LogP contribution in [-0.2, 0) is 67.2 Å². The van der Waals surface area contributed by atoms with Crippen LogP contribution in [-0.4, -0.2) is 220 Å². The number of aliphatic carboxylic acids is 1. The predicted molar refractivity (Wildman–Crippen MR) is 342 cm³/mol. The molecule has 0 bridgehead atoms. The fraction of sp³-hybridized carbons (Fsp3) is 0.500. The number of para-hydroxylation sites is 1. The molecule has 90 heavy (non-hydrogen) atoms. The second kappa shape index (κ2) is 35.5. The third kappa shape index (κ3) is 21.1. The first-order valence-corrected chi connectivity index (χ1v) is 33.4. The number of aromatic hydroxyl groups is 1. The summed E-state index contributed by atoms with van der Waals surface area (Å²) in [6.07, 6.45) is -8.10. The smallest absolute Gasteiger partial charge is 0.328 e. The van der Waals surface area contributed by atoms with Gasteiger partial charge in [-0.05, 0) is 97.1 Å². The fourth-order valence-corrected chi connectivity index (χ4v) is 13.7. The number of H-pyrrole nitrogens is 1. The van der Waals surface area contributed by atoms with E-state index in [0.29, 0.717) is 37.6 Å². The SMILES string of the molecule is C[C@@H](O)[C@H](NC(=O)[C@@H]1CSSC[C@H](NC(=O)[C@H](Cc2ccccc2)NC(=O)CCS[C@@H]2O[C@@H](CO)[C@H](O)[C@H](O)[C@@H]2O)C(=O)N[C@@H](Cc2ccc(O)c(I)c2)C(=O)N[C@H](Cc2c[nH]c3ccccc23)C(=O)N[C@@H](CCCCN)C(=O)N[C@@H]([C@@H](C)O)C(=O)N1)C(=O)O. The van der Waals surface area contributed by atoms with Gasteiger partial charge in [-0.2, -0.15) is 0 Å². The number of amides is 8. The number of unbranched alkanes of at least 4 members (excludes halogenated alkanes) is 1. The van der Waals surface area contributed by atoms with Crippen LogP contribution < -0.4 is 48.3 Å². The molecular formula is C58H77IN10O18S3. The quantitative estimate of drug-likeness (QED) is 0.0211. The van der Waals surface area contributed by atoms with E-state index in [1.165, 1.54) is 19.1 Å². The first kappa shape index (κ1) is 72.7. The number of halogens is 1. The molecule has 6 rings (SSSR count). The summed E-state index contributed by atoms with van der Waals surface area (Å²) in [4.78, 5) is 132. The van der Waals surface area contributed by atoms with Crippen molar-refractivity contribution in [1.82, 2.24) is 47.5 Å². The number of nitrogens with two attached hydrogens (primary N) is 1. The molecule has 0 saturated carbocycles. The predicted octanol–water partition coefficient (Wildman–Crippen LogP) is -2.32. The van der Waals surface area contributed by atoms with Crippen LogP contribution in [0.3, 0.4) is 0 Å². The Morgan fingerprint density at radius 1 is 0.767 bits per heavy atom. The number of hydrogen-bond donors (Lipinski definition) is 18. The molecule has 4 aromatic rings. The zero-order valence-corrected chi connectivity index (χ0v) is 53.6. The molecule has 0 radical (unpaired) electrons. The molecule has 3 aromatic carbocycles. The average molecular weight is 1430 g/mol. The molecule has 32 heteroatoms. The molecule has 492 valence electrons. The molecule has 2 aliphatic rings. The lowest BCUT2D eigenvalue weighted by atomic mass is 10.0. The number of aliphatic hydroxyl groups excluding tert-OH is 6. The van der Waals surface area contributed by atoms with E-state index in [1.807, 2.05) is 22.6 Å². The molecule has 2 aliphatic heterocycles. The topological polar surface area (TPSA) is 463 Å². The number of ether oxygens (including phenoxy) is 1. The van der Waals surface area contributed by atoms with Gasteiger partial charge >= 0.3 is 5.97 Å². The Morgan fingerprint density at radius 3 is 2.09 bits per heavy atom. The molecule has 15 atom stereocenters. The molecule has 3 heterocycles. The highest BCUT2D eigenvalue weighted by atomic mass is 127. The maximum Gasteiger partial charge on any atom is 0.328 e. The largest absolute Gasteiger partial charge is 0.507 e. The number of rotatable bonds is 23. The number of fused-ring (bicyclic) bond motifs is 1. The van der Waals surface area contributed by atoms with Crippen LogP contribution in [0.2, 0.25) is 0 Å². The van der Waals surface area contributed by atoms with Crippen molar-refractivity contribution in [3.8, 4) is 5.75 Å². The summed E-state index contributed by atoms with van der Waals surface area (Å²) >= 11 is 2.78. The summed E-state index contributed by atoms with van der Waals surface area (Å²) in [5.74, 6) is -10.3. The van der Waals surface area contributed by atoms with Crippen LogP contribution in [0.5, 0.6) is 5.75 Å². The molecule has 1 aromatic heterocycles. The van der Waals surface area contributed by atoms with E-state index in [0.717, 1.165) is 40.3 Å². The van der Waals surface area contributed by atoms with Gasteiger partial charge in [-0.1, -0.05) is 76.2 Å². The lowest BCUT2D eigenvalue weighted by Crippen LogP contribution is -2.62. The Kier molecular flexibility index (Phi) is 28.7. The molecule has 0 spiro atoms. The van der Waals surface area contributed by atoms with Crippen LogP contribution >= 0.6 is 55.9 Å². The number of hydrogen-bond acceptors (Lipinski definition) is 21. The van der Waals surface area contributed by atoms with Crippen molar-refractivity contribution in [2.24, 2.45) is 5.73 Å². The van der Waals surface area contributed by atoms with Gasteiger partial charge in [-0.25, -0.2) is 4.79 Å². The number of carboxylic acids is 1. The second-order valence-electron chi connectivity index (χ2n) is 21.6. The van der Waals surface area contributed by atoms with Crippen LogP contribution in [0.25, 0.3) is 10.9 Å². The fourth-order valence-electron chi connectivity index (χ4n) is 9.66. The third-order valence-corrected chi connectivity index (χ3v) is 19.2. The Hall–Kier alpha value is -6.31. The van der Waals surface area contributed by atoms with Crippen molar-refractivity contribution in [1.29, 1.82) is 0 Å². The highest BCUT2D eigenvalue weighted by Crippen LogP contribution is 2.30. The van der Waals surface area contributed by atoms with Gasteiger partial charge in [0.2, 0.25) is 47.3 Å². The zero-order valence-electron chi connectivity index (χ0n) is 49.0. The molecule has 0 aliphatic carbocycles. The van der Waals surface area contributed by atoms with Crippen LogP contribution in [0.1, 0.15) is 56.2 Å². The Balaban J connectivity index is 1.40. The van der Waals surface area contributed by atoms with Crippen molar-refractivity contribution in [2.45, 2.75) is 149 Å². The van der Waals surface area contributed by atoms with Crippen molar-refractivity contribution >= 4 is 120 Å². The Labute approximate surface area is 543 Å². The Morgan fingerprint density at radius 2 is 1.42 bits per heavy atom. The number of phenols is 1. The van der Waals surface area contributed by atoms with Gasteiger partial charge in [0.1, 0.15) is 77.9 Å². The number of aromatic nitrogens is 1. The van der Waals surface area contributed by atoms with E-state index in [9.17, 15) is 74.4 Å². The van der Waals surface area contributed by atoms with Crippen molar-refractivity contribution in [2.75, 3.05) is 30.4 Å². The van der Waals surface area contributed by atoms with Gasteiger partial charge in [-0.3, -0.25) is 38.4 Å². The van der Waals surface area contributed by atoms with E-state index in [4.69, 9.17) is 10.5 Å². The number of carbonyl (C=O) groups excluding carboxylic acids is 8. The van der Waals surface area contributed by atoms with Gasteiger partial charge < -0.3 is 98.8 Å². The second-order valence-corrected chi connectivity index (χ2v) is 26.6. The average Bonchev–Trinajstić information content (AvgIpc) is 2.51. The van der Waals surface area contributed by atoms with E-state index in [1.54, 1.807) is 66.9 Å². The van der Waals surface area contributed by atoms with Gasteiger partial charge in [-0.15, -0.1) is 11.8 Å². The van der Waals surface area contributed by atoms with E-state index in [2.05, 4.69) is 47.5 Å². The number of carboxylic acid groups (broad SMARTS) is 1.